The van der Waals surface area contributed by atoms with Gasteiger partial charge in [-0.2, -0.15) is 0 Å². The Kier molecular flexibility index (Phi) is 5.84. The van der Waals surface area contributed by atoms with E-state index < -0.39 is 17.9 Å². The molecular formula is C23H25NO2. The summed E-state index contributed by atoms with van der Waals surface area (Å²) in [6.45, 7) is 1.72. The molecule has 0 radical (unpaired) electrons. The van der Waals surface area contributed by atoms with Crippen LogP contribution in [-0.2, 0) is 10.3 Å². The van der Waals surface area contributed by atoms with Gasteiger partial charge >= 0.3 is 0 Å². The summed E-state index contributed by atoms with van der Waals surface area (Å²) in [6.07, 6.45) is -0.797. The minimum atomic E-state index is -0.849. The highest BCUT2D eigenvalue weighted by Crippen LogP contribution is 2.41. The molecule has 0 saturated heterocycles. The average Bonchev–Trinajstić information content (AvgIpc) is 2.67. The van der Waals surface area contributed by atoms with Gasteiger partial charge in [0.25, 0.3) is 0 Å². The van der Waals surface area contributed by atoms with Crippen molar-refractivity contribution in [1.82, 2.24) is 0 Å². The molecule has 3 N–H and O–H groups in total. The zero-order valence-electron chi connectivity index (χ0n) is 15.0. The molecule has 3 aromatic rings. The summed E-state index contributed by atoms with van der Waals surface area (Å²) >= 11 is 0. The molecule has 3 heteroatoms. The number of nitrogens with two attached hydrogens (primary N) is 1. The van der Waals surface area contributed by atoms with Crippen molar-refractivity contribution in [3.05, 3.63) is 108 Å². The van der Waals surface area contributed by atoms with Crippen molar-refractivity contribution in [3.8, 4) is 0 Å². The second-order valence-electron chi connectivity index (χ2n) is 6.52. The van der Waals surface area contributed by atoms with Gasteiger partial charge in [-0.25, -0.2) is 0 Å². The van der Waals surface area contributed by atoms with E-state index in [0.29, 0.717) is 6.42 Å². The SMILES string of the molecule is C[C@H](O)CC(N)OC(c1ccccc1)(c1ccccc1)c1ccccc1. The fourth-order valence-electron chi connectivity index (χ4n) is 3.33. The van der Waals surface area contributed by atoms with E-state index in [1.807, 2.05) is 54.6 Å². The Morgan fingerprint density at radius 1 is 0.769 bits per heavy atom. The Morgan fingerprint density at radius 2 is 1.12 bits per heavy atom. The van der Waals surface area contributed by atoms with E-state index in [0.717, 1.165) is 16.7 Å². The van der Waals surface area contributed by atoms with Crippen molar-refractivity contribution in [1.29, 1.82) is 0 Å². The number of aliphatic hydroxyl groups is 1. The first kappa shape index (κ1) is 18.3. The highest BCUT2D eigenvalue weighted by Gasteiger charge is 2.39. The van der Waals surface area contributed by atoms with Crippen LogP contribution in [0, 0.1) is 0 Å². The fraction of sp³-hybridized carbons (Fsp3) is 0.217. The van der Waals surface area contributed by atoms with Crippen LogP contribution in [-0.4, -0.2) is 17.4 Å². The summed E-state index contributed by atoms with van der Waals surface area (Å²) in [5, 5.41) is 9.77. The van der Waals surface area contributed by atoms with E-state index in [-0.39, 0.29) is 0 Å². The Bertz CT molecular complexity index is 692. The summed E-state index contributed by atoms with van der Waals surface area (Å²) in [5.41, 5.74) is 8.44. The summed E-state index contributed by atoms with van der Waals surface area (Å²) < 4.78 is 6.52. The molecule has 3 aromatic carbocycles. The van der Waals surface area contributed by atoms with Crippen molar-refractivity contribution in [2.24, 2.45) is 5.73 Å². The Morgan fingerprint density at radius 3 is 1.42 bits per heavy atom. The van der Waals surface area contributed by atoms with Crippen LogP contribution >= 0.6 is 0 Å². The summed E-state index contributed by atoms with van der Waals surface area (Å²) in [7, 11) is 0. The molecule has 0 saturated carbocycles. The van der Waals surface area contributed by atoms with Crippen LogP contribution in [0.4, 0.5) is 0 Å². The first-order valence-corrected chi connectivity index (χ1v) is 8.91. The average molecular weight is 347 g/mol. The lowest BCUT2D eigenvalue weighted by atomic mass is 9.80. The van der Waals surface area contributed by atoms with Crippen molar-refractivity contribution in [3.63, 3.8) is 0 Å². The number of hydrogen-bond donors (Lipinski definition) is 2. The van der Waals surface area contributed by atoms with Gasteiger partial charge in [0.05, 0.1) is 6.10 Å². The van der Waals surface area contributed by atoms with E-state index in [1.165, 1.54) is 0 Å². The van der Waals surface area contributed by atoms with E-state index in [4.69, 9.17) is 10.5 Å². The number of ether oxygens (including phenoxy) is 1. The molecule has 0 aliphatic heterocycles. The van der Waals surface area contributed by atoms with Crippen molar-refractivity contribution >= 4 is 0 Å². The maximum Gasteiger partial charge on any atom is 0.145 e. The molecule has 134 valence electrons. The normalized spacial score (nSPS) is 14.0. The molecule has 26 heavy (non-hydrogen) atoms. The lowest BCUT2D eigenvalue weighted by molar-refractivity contribution is -0.0613. The predicted octanol–water partition coefficient (Wildman–Crippen LogP) is 4.05. The van der Waals surface area contributed by atoms with Gasteiger partial charge in [0.15, 0.2) is 0 Å². The molecular weight excluding hydrogens is 322 g/mol. The summed E-state index contributed by atoms with van der Waals surface area (Å²) in [5.74, 6) is 0. The number of rotatable bonds is 7. The topological polar surface area (TPSA) is 55.5 Å². The van der Waals surface area contributed by atoms with Gasteiger partial charge in [0.2, 0.25) is 0 Å². The van der Waals surface area contributed by atoms with Gasteiger partial charge in [0, 0.05) is 6.42 Å². The molecule has 0 aromatic heterocycles. The van der Waals surface area contributed by atoms with Crippen LogP contribution in [0.2, 0.25) is 0 Å². The molecule has 0 bridgehead atoms. The third-order valence-corrected chi connectivity index (χ3v) is 4.44. The largest absolute Gasteiger partial charge is 0.393 e. The van der Waals surface area contributed by atoms with E-state index >= 15 is 0 Å². The van der Waals surface area contributed by atoms with Gasteiger partial charge in [0.1, 0.15) is 11.8 Å². The Hall–Kier alpha value is -2.46. The molecule has 0 amide bonds. The zero-order chi connectivity index (χ0) is 18.4. The zero-order valence-corrected chi connectivity index (χ0v) is 15.0. The van der Waals surface area contributed by atoms with Crippen LogP contribution in [0.25, 0.3) is 0 Å². The lowest BCUT2D eigenvalue weighted by Gasteiger charge is -2.38. The Balaban J connectivity index is 2.21. The van der Waals surface area contributed by atoms with Gasteiger partial charge in [-0.1, -0.05) is 91.0 Å². The third-order valence-electron chi connectivity index (χ3n) is 4.44. The van der Waals surface area contributed by atoms with Crippen LogP contribution in [0.3, 0.4) is 0 Å². The van der Waals surface area contributed by atoms with E-state index in [1.54, 1.807) is 6.92 Å². The molecule has 0 aliphatic rings. The van der Waals surface area contributed by atoms with Gasteiger partial charge in [-0.15, -0.1) is 0 Å². The highest BCUT2D eigenvalue weighted by atomic mass is 16.5. The van der Waals surface area contributed by atoms with Crippen molar-refractivity contribution in [2.75, 3.05) is 0 Å². The monoisotopic (exact) mass is 347 g/mol. The van der Waals surface area contributed by atoms with Gasteiger partial charge in [-0.3, -0.25) is 0 Å². The molecule has 3 nitrogen and oxygen atoms in total. The minimum Gasteiger partial charge on any atom is -0.393 e. The van der Waals surface area contributed by atoms with Crippen LogP contribution < -0.4 is 5.73 Å². The first-order valence-electron chi connectivity index (χ1n) is 8.91. The van der Waals surface area contributed by atoms with Gasteiger partial charge in [-0.05, 0) is 23.6 Å². The molecule has 0 heterocycles. The fourth-order valence-corrected chi connectivity index (χ4v) is 3.33. The first-order chi connectivity index (χ1) is 12.6. The van der Waals surface area contributed by atoms with Gasteiger partial charge < -0.3 is 15.6 Å². The van der Waals surface area contributed by atoms with E-state index in [2.05, 4.69) is 36.4 Å². The maximum absolute atomic E-state index is 9.77. The standard InChI is InChI=1S/C23H25NO2/c1-18(25)17-22(24)26-23(19-11-5-2-6-12-19,20-13-7-3-8-14-20)21-15-9-4-10-16-21/h2-16,18,22,25H,17,24H2,1H3/t18-,22?/m0/s1. The highest BCUT2D eigenvalue weighted by molar-refractivity contribution is 5.47. The summed E-state index contributed by atoms with van der Waals surface area (Å²) in [6, 6.07) is 30.3. The number of hydrogen-bond acceptors (Lipinski definition) is 3. The summed E-state index contributed by atoms with van der Waals surface area (Å²) in [4.78, 5) is 0. The maximum atomic E-state index is 9.77. The van der Waals surface area contributed by atoms with Crippen LogP contribution in [0.5, 0.6) is 0 Å². The molecule has 2 atom stereocenters. The number of aliphatic hydroxyl groups excluding tert-OH is 1. The molecule has 0 aliphatic carbocycles. The lowest BCUT2D eigenvalue weighted by Crippen LogP contribution is -2.41. The van der Waals surface area contributed by atoms with E-state index in [9.17, 15) is 5.11 Å². The van der Waals surface area contributed by atoms with Crippen LogP contribution in [0.1, 0.15) is 30.0 Å². The number of benzene rings is 3. The smallest absolute Gasteiger partial charge is 0.145 e. The van der Waals surface area contributed by atoms with Crippen LogP contribution in [0.15, 0.2) is 91.0 Å². The second kappa shape index (κ2) is 8.28. The molecule has 3 rings (SSSR count). The predicted molar refractivity (Wildman–Crippen MR) is 105 cm³/mol. The van der Waals surface area contributed by atoms with Crippen molar-refractivity contribution < 1.29 is 9.84 Å². The molecule has 0 spiro atoms. The molecule has 0 fully saturated rings. The minimum absolute atomic E-state index is 0.355. The third kappa shape index (κ3) is 3.86. The quantitative estimate of drug-likeness (QED) is 0.501. The van der Waals surface area contributed by atoms with Crippen molar-refractivity contribution in [2.45, 2.75) is 31.3 Å². The Labute approximate surface area is 155 Å². The second-order valence-corrected chi connectivity index (χ2v) is 6.52. The molecule has 1 unspecified atom stereocenters.